The number of thiazole rings is 1. The predicted molar refractivity (Wildman–Crippen MR) is 81.9 cm³/mol. The Morgan fingerprint density at radius 2 is 2.25 bits per heavy atom. The third-order valence-electron chi connectivity index (χ3n) is 4.85. The quantitative estimate of drug-likeness (QED) is 0.907. The zero-order valence-corrected chi connectivity index (χ0v) is 12.4. The first-order chi connectivity index (χ1) is 9.69. The van der Waals surface area contributed by atoms with E-state index in [1.165, 1.54) is 24.8 Å². The third-order valence-corrected chi connectivity index (χ3v) is 5.78. The van der Waals surface area contributed by atoms with Crippen molar-refractivity contribution >= 4 is 32.6 Å². The summed E-state index contributed by atoms with van der Waals surface area (Å²) in [5.41, 5.74) is 2.20. The van der Waals surface area contributed by atoms with Crippen molar-refractivity contribution in [3.8, 4) is 0 Å². The van der Waals surface area contributed by atoms with E-state index in [4.69, 9.17) is 0 Å². The van der Waals surface area contributed by atoms with Crippen molar-refractivity contribution in [3.63, 3.8) is 0 Å². The fourth-order valence-electron chi connectivity index (χ4n) is 3.85. The molecule has 0 radical (unpaired) electrons. The maximum Gasteiger partial charge on any atom is 0.229 e. The summed E-state index contributed by atoms with van der Waals surface area (Å²) in [7, 11) is 0. The Kier molecular flexibility index (Phi) is 2.81. The summed E-state index contributed by atoms with van der Waals surface area (Å²) < 4.78 is 1.15. The van der Waals surface area contributed by atoms with Crippen LogP contribution in [0.3, 0.4) is 0 Å². The molecule has 2 aliphatic carbocycles. The van der Waals surface area contributed by atoms with E-state index >= 15 is 0 Å². The minimum Gasteiger partial charge on any atom is -0.302 e. The number of nitrogens with zero attached hydrogens (tertiary/aromatic N) is 1. The monoisotopic (exact) mass is 286 g/mol. The maximum atomic E-state index is 12.4. The highest BCUT2D eigenvalue weighted by Crippen LogP contribution is 2.48. The van der Waals surface area contributed by atoms with Crippen molar-refractivity contribution in [2.24, 2.45) is 17.8 Å². The molecule has 2 bridgehead atoms. The average molecular weight is 286 g/mol. The lowest BCUT2D eigenvalue weighted by Gasteiger charge is -2.19. The molecule has 2 aromatic rings. The normalized spacial score (nSPS) is 28.1. The Bertz CT molecular complexity index is 678. The summed E-state index contributed by atoms with van der Waals surface area (Å²) >= 11 is 1.58. The van der Waals surface area contributed by atoms with Gasteiger partial charge in [0.2, 0.25) is 5.91 Å². The number of carbonyl (C=O) groups excluding carboxylic acids is 1. The number of nitrogens with one attached hydrogen (secondary N) is 1. The molecule has 20 heavy (non-hydrogen) atoms. The molecule has 1 heterocycles. The van der Waals surface area contributed by atoms with Gasteiger partial charge in [-0.3, -0.25) is 4.79 Å². The van der Waals surface area contributed by atoms with Crippen molar-refractivity contribution in [2.75, 3.05) is 5.32 Å². The summed E-state index contributed by atoms with van der Waals surface area (Å²) in [6.45, 7) is 2.08. The number of benzene rings is 1. The number of aryl methyl sites for hydroxylation is 1. The third kappa shape index (κ3) is 2.03. The second kappa shape index (κ2) is 4.55. The van der Waals surface area contributed by atoms with Gasteiger partial charge in [0.15, 0.2) is 5.13 Å². The molecule has 0 unspecified atom stereocenters. The minimum absolute atomic E-state index is 0.188. The van der Waals surface area contributed by atoms with Crippen LogP contribution in [-0.4, -0.2) is 10.9 Å². The zero-order chi connectivity index (χ0) is 13.7. The molecule has 3 nitrogen and oxygen atoms in total. The molecule has 2 aliphatic rings. The number of fused-ring (bicyclic) bond motifs is 3. The molecule has 0 aliphatic heterocycles. The Morgan fingerprint density at radius 1 is 1.35 bits per heavy atom. The second-order valence-electron chi connectivity index (χ2n) is 6.26. The topological polar surface area (TPSA) is 42.0 Å². The summed E-state index contributed by atoms with van der Waals surface area (Å²) in [4.78, 5) is 16.9. The molecule has 3 atom stereocenters. The highest BCUT2D eigenvalue weighted by molar-refractivity contribution is 7.22. The first kappa shape index (κ1) is 12.3. The van der Waals surface area contributed by atoms with E-state index in [9.17, 15) is 4.79 Å². The van der Waals surface area contributed by atoms with Crippen LogP contribution >= 0.6 is 11.3 Å². The van der Waals surface area contributed by atoms with Crippen LogP contribution in [-0.2, 0) is 4.79 Å². The molecule has 0 spiro atoms. The van der Waals surface area contributed by atoms with Crippen LogP contribution < -0.4 is 5.32 Å². The van der Waals surface area contributed by atoms with Gasteiger partial charge in [0.25, 0.3) is 0 Å². The summed E-state index contributed by atoms with van der Waals surface area (Å²) in [5.74, 6) is 1.83. The van der Waals surface area contributed by atoms with Gasteiger partial charge in [-0.1, -0.05) is 23.8 Å². The smallest absolute Gasteiger partial charge is 0.229 e. The van der Waals surface area contributed by atoms with Gasteiger partial charge in [0, 0.05) is 5.92 Å². The van der Waals surface area contributed by atoms with E-state index in [0.29, 0.717) is 5.92 Å². The number of carbonyl (C=O) groups is 1. The zero-order valence-electron chi connectivity index (χ0n) is 11.6. The molecule has 1 amide bonds. The molecular formula is C16H18N2OS. The second-order valence-corrected chi connectivity index (χ2v) is 7.29. The van der Waals surface area contributed by atoms with Gasteiger partial charge >= 0.3 is 0 Å². The van der Waals surface area contributed by atoms with E-state index < -0.39 is 0 Å². The first-order valence-corrected chi connectivity index (χ1v) is 8.19. The lowest BCUT2D eigenvalue weighted by atomic mass is 9.88. The Labute approximate surface area is 122 Å². The van der Waals surface area contributed by atoms with Crippen LogP contribution in [0.4, 0.5) is 5.13 Å². The van der Waals surface area contributed by atoms with Crippen LogP contribution in [0, 0.1) is 24.7 Å². The van der Waals surface area contributed by atoms with Crippen LogP contribution in [0.5, 0.6) is 0 Å². The van der Waals surface area contributed by atoms with Crippen molar-refractivity contribution in [2.45, 2.75) is 32.6 Å². The van der Waals surface area contributed by atoms with Crippen molar-refractivity contribution in [1.29, 1.82) is 0 Å². The molecule has 1 aromatic heterocycles. The molecule has 1 N–H and O–H groups in total. The van der Waals surface area contributed by atoms with E-state index in [0.717, 1.165) is 27.7 Å². The summed E-state index contributed by atoms with van der Waals surface area (Å²) in [6, 6.07) is 6.21. The fourth-order valence-corrected chi connectivity index (χ4v) is 4.82. The molecule has 4 heteroatoms. The predicted octanol–water partition coefficient (Wildman–Crippen LogP) is 3.98. The van der Waals surface area contributed by atoms with Gasteiger partial charge in [-0.15, -0.1) is 0 Å². The summed E-state index contributed by atoms with van der Waals surface area (Å²) in [6.07, 6.45) is 4.91. The van der Waals surface area contributed by atoms with Gasteiger partial charge in [-0.05, 0) is 55.7 Å². The van der Waals surface area contributed by atoms with Crippen molar-refractivity contribution in [3.05, 3.63) is 23.8 Å². The first-order valence-electron chi connectivity index (χ1n) is 7.37. The number of anilines is 1. The van der Waals surface area contributed by atoms with E-state index in [1.54, 1.807) is 11.3 Å². The van der Waals surface area contributed by atoms with Crippen molar-refractivity contribution in [1.82, 2.24) is 4.98 Å². The number of aromatic nitrogens is 1. The average Bonchev–Trinajstić information content (AvgIpc) is 3.11. The lowest BCUT2D eigenvalue weighted by molar-refractivity contribution is -0.121. The number of rotatable bonds is 2. The van der Waals surface area contributed by atoms with E-state index in [1.807, 2.05) is 6.07 Å². The maximum absolute atomic E-state index is 12.4. The molecule has 1 aromatic carbocycles. The largest absolute Gasteiger partial charge is 0.302 e. The SMILES string of the molecule is Cc1ccc2nc(NC(=O)[C@H]3C[C@H]4CC[C@H]3C4)sc2c1. The van der Waals surface area contributed by atoms with Gasteiger partial charge in [-0.2, -0.15) is 0 Å². The van der Waals surface area contributed by atoms with E-state index in [2.05, 4.69) is 29.4 Å². The van der Waals surface area contributed by atoms with Crippen LogP contribution in [0.1, 0.15) is 31.2 Å². The number of hydrogen-bond acceptors (Lipinski definition) is 3. The molecule has 104 valence electrons. The van der Waals surface area contributed by atoms with Gasteiger partial charge in [0.05, 0.1) is 10.2 Å². The number of amides is 1. The molecule has 0 saturated heterocycles. The highest BCUT2D eigenvalue weighted by Gasteiger charge is 2.43. The Balaban J connectivity index is 1.53. The Morgan fingerprint density at radius 3 is 3.00 bits per heavy atom. The Hall–Kier alpha value is -1.42. The van der Waals surface area contributed by atoms with Crippen LogP contribution in [0.2, 0.25) is 0 Å². The lowest BCUT2D eigenvalue weighted by Crippen LogP contribution is -2.27. The fraction of sp³-hybridized carbons (Fsp3) is 0.500. The molecule has 4 rings (SSSR count). The van der Waals surface area contributed by atoms with Crippen LogP contribution in [0.15, 0.2) is 18.2 Å². The molecule has 2 saturated carbocycles. The summed E-state index contributed by atoms with van der Waals surface area (Å²) in [5, 5.41) is 3.79. The highest BCUT2D eigenvalue weighted by atomic mass is 32.1. The van der Waals surface area contributed by atoms with Gasteiger partial charge < -0.3 is 5.32 Å². The van der Waals surface area contributed by atoms with Crippen molar-refractivity contribution < 1.29 is 4.79 Å². The standard InChI is InChI=1S/C16H18N2OS/c1-9-2-5-13-14(6-9)20-16(17-13)18-15(19)12-8-10-3-4-11(12)7-10/h2,5-6,10-12H,3-4,7-8H2,1H3,(H,17,18,19)/t10-,11-,12-/m0/s1. The molecule has 2 fully saturated rings. The number of hydrogen-bond donors (Lipinski definition) is 1. The van der Waals surface area contributed by atoms with Crippen LogP contribution in [0.25, 0.3) is 10.2 Å². The van der Waals surface area contributed by atoms with Gasteiger partial charge in [0.1, 0.15) is 0 Å². The van der Waals surface area contributed by atoms with Gasteiger partial charge in [-0.25, -0.2) is 4.98 Å². The molecular weight excluding hydrogens is 268 g/mol. The van der Waals surface area contributed by atoms with E-state index in [-0.39, 0.29) is 11.8 Å². The minimum atomic E-state index is 0.188.